The lowest BCUT2D eigenvalue weighted by Crippen LogP contribution is -2.46. The summed E-state index contributed by atoms with van der Waals surface area (Å²) in [7, 11) is 1.70. The Balaban J connectivity index is 1.64. The Hall–Kier alpha value is -2.33. The maximum atomic E-state index is 13.2. The fourth-order valence-corrected chi connectivity index (χ4v) is 4.53. The highest BCUT2D eigenvalue weighted by Crippen LogP contribution is 2.39. The van der Waals surface area contributed by atoms with Crippen LogP contribution in [0.3, 0.4) is 0 Å². The molecule has 2 aliphatic rings. The van der Waals surface area contributed by atoms with Crippen LogP contribution >= 0.6 is 0 Å². The molecule has 2 aromatic rings. The Morgan fingerprint density at radius 2 is 1.78 bits per heavy atom. The van der Waals surface area contributed by atoms with E-state index in [-0.39, 0.29) is 11.9 Å². The minimum absolute atomic E-state index is 0.0935. The van der Waals surface area contributed by atoms with Crippen LogP contribution in [0.2, 0.25) is 0 Å². The summed E-state index contributed by atoms with van der Waals surface area (Å²) in [6, 6.07) is 16.9. The number of ether oxygens (including phenoxy) is 1. The zero-order valence-electron chi connectivity index (χ0n) is 16.0. The standard InChI is InChI=1S/C23H28N2O2/c1-27-21-13-7-6-12-20(21)23-19-11-5-2-8-17(19)14-15-25(23)22(26)16-24-18-9-3-4-10-18/h2,5-8,11-13,18,23-24H,3-4,9-10,14-16H2,1H3/t23-/m1/s1. The van der Waals surface area contributed by atoms with Gasteiger partial charge in [-0.3, -0.25) is 4.79 Å². The molecule has 0 radical (unpaired) electrons. The van der Waals surface area contributed by atoms with Gasteiger partial charge in [0.1, 0.15) is 5.75 Å². The van der Waals surface area contributed by atoms with E-state index in [0.717, 1.165) is 24.3 Å². The average Bonchev–Trinajstić information content (AvgIpc) is 3.25. The predicted molar refractivity (Wildman–Crippen MR) is 107 cm³/mol. The summed E-state index contributed by atoms with van der Waals surface area (Å²) in [6.07, 6.45) is 5.81. The molecule has 1 amide bonds. The third-order valence-electron chi connectivity index (χ3n) is 5.93. The number of carbonyl (C=O) groups excluding carboxylic acids is 1. The van der Waals surface area contributed by atoms with Crippen molar-refractivity contribution < 1.29 is 9.53 Å². The number of nitrogens with zero attached hydrogens (tertiary/aromatic N) is 1. The van der Waals surface area contributed by atoms with Crippen molar-refractivity contribution in [3.63, 3.8) is 0 Å². The van der Waals surface area contributed by atoms with E-state index in [4.69, 9.17) is 4.74 Å². The number of benzene rings is 2. The maximum Gasteiger partial charge on any atom is 0.237 e. The predicted octanol–water partition coefficient (Wildman–Crippen LogP) is 3.70. The van der Waals surface area contributed by atoms with Crippen LogP contribution < -0.4 is 10.1 Å². The Labute approximate surface area is 161 Å². The molecular formula is C23H28N2O2. The van der Waals surface area contributed by atoms with Crippen LogP contribution in [-0.4, -0.2) is 37.0 Å². The van der Waals surface area contributed by atoms with E-state index in [1.54, 1.807) is 7.11 Å². The zero-order chi connectivity index (χ0) is 18.6. The number of carbonyl (C=O) groups is 1. The van der Waals surface area contributed by atoms with Gasteiger partial charge in [-0.15, -0.1) is 0 Å². The lowest BCUT2D eigenvalue weighted by atomic mass is 9.87. The Bertz CT molecular complexity index is 798. The van der Waals surface area contributed by atoms with Gasteiger partial charge >= 0.3 is 0 Å². The molecule has 0 saturated heterocycles. The van der Waals surface area contributed by atoms with Crippen LogP contribution in [0.4, 0.5) is 0 Å². The van der Waals surface area contributed by atoms with Crippen molar-refractivity contribution >= 4 is 5.91 Å². The van der Waals surface area contributed by atoms with Crippen molar-refractivity contribution in [1.29, 1.82) is 0 Å². The molecule has 142 valence electrons. The molecule has 1 aliphatic carbocycles. The highest BCUT2D eigenvalue weighted by molar-refractivity contribution is 5.80. The van der Waals surface area contributed by atoms with Crippen LogP contribution in [0, 0.1) is 0 Å². The summed E-state index contributed by atoms with van der Waals surface area (Å²) in [4.78, 5) is 15.2. The van der Waals surface area contributed by atoms with Gasteiger partial charge in [-0.1, -0.05) is 55.3 Å². The lowest BCUT2D eigenvalue weighted by Gasteiger charge is -2.38. The minimum Gasteiger partial charge on any atom is -0.496 e. The summed E-state index contributed by atoms with van der Waals surface area (Å²) < 4.78 is 5.63. The molecule has 0 unspecified atom stereocenters. The molecule has 4 rings (SSSR count). The zero-order valence-corrected chi connectivity index (χ0v) is 16.0. The number of hydrogen-bond donors (Lipinski definition) is 1. The van der Waals surface area contributed by atoms with Crippen LogP contribution in [0.25, 0.3) is 0 Å². The molecular weight excluding hydrogens is 336 g/mol. The highest BCUT2D eigenvalue weighted by atomic mass is 16.5. The van der Waals surface area contributed by atoms with E-state index in [9.17, 15) is 4.79 Å². The molecule has 1 saturated carbocycles. The smallest absolute Gasteiger partial charge is 0.237 e. The van der Waals surface area contributed by atoms with E-state index >= 15 is 0 Å². The van der Waals surface area contributed by atoms with Gasteiger partial charge in [0, 0.05) is 18.2 Å². The van der Waals surface area contributed by atoms with Crippen molar-refractivity contribution in [1.82, 2.24) is 10.2 Å². The number of hydrogen-bond acceptors (Lipinski definition) is 3. The first-order valence-corrected chi connectivity index (χ1v) is 10.0. The summed E-state index contributed by atoms with van der Waals surface area (Å²) >= 11 is 0. The van der Waals surface area contributed by atoms with E-state index in [0.29, 0.717) is 12.6 Å². The van der Waals surface area contributed by atoms with Crippen molar-refractivity contribution in [3.8, 4) is 5.75 Å². The molecule has 1 aliphatic heterocycles. The third-order valence-corrected chi connectivity index (χ3v) is 5.93. The number of nitrogens with one attached hydrogen (secondary N) is 1. The lowest BCUT2D eigenvalue weighted by molar-refractivity contribution is -0.132. The van der Waals surface area contributed by atoms with Gasteiger partial charge < -0.3 is 15.0 Å². The van der Waals surface area contributed by atoms with Crippen molar-refractivity contribution in [3.05, 3.63) is 65.2 Å². The van der Waals surface area contributed by atoms with Gasteiger partial charge in [0.05, 0.1) is 19.7 Å². The second kappa shape index (κ2) is 8.13. The van der Waals surface area contributed by atoms with E-state index in [2.05, 4.69) is 35.6 Å². The van der Waals surface area contributed by atoms with Crippen LogP contribution in [0.5, 0.6) is 5.75 Å². The fraction of sp³-hybridized carbons (Fsp3) is 0.435. The monoisotopic (exact) mass is 364 g/mol. The Kier molecular flexibility index (Phi) is 5.44. The maximum absolute atomic E-state index is 13.2. The molecule has 2 aromatic carbocycles. The van der Waals surface area contributed by atoms with E-state index < -0.39 is 0 Å². The quantitative estimate of drug-likeness (QED) is 0.880. The first-order valence-electron chi connectivity index (χ1n) is 10.0. The second-order valence-electron chi connectivity index (χ2n) is 7.54. The first-order chi connectivity index (χ1) is 13.3. The number of rotatable bonds is 5. The molecule has 0 aromatic heterocycles. The number of amides is 1. The molecule has 4 heteroatoms. The molecule has 4 nitrogen and oxygen atoms in total. The molecule has 1 atom stereocenters. The molecule has 1 heterocycles. The molecule has 1 fully saturated rings. The van der Waals surface area contributed by atoms with Gasteiger partial charge in [-0.2, -0.15) is 0 Å². The summed E-state index contributed by atoms with van der Waals surface area (Å²) in [5.41, 5.74) is 3.59. The highest BCUT2D eigenvalue weighted by Gasteiger charge is 2.33. The normalized spacial score (nSPS) is 19.7. The topological polar surface area (TPSA) is 41.6 Å². The number of fused-ring (bicyclic) bond motifs is 1. The number of methoxy groups -OCH3 is 1. The molecule has 0 spiro atoms. The SMILES string of the molecule is COc1ccccc1[C@H]1c2ccccc2CCN1C(=O)CNC1CCCC1. The second-order valence-corrected chi connectivity index (χ2v) is 7.54. The van der Waals surface area contributed by atoms with Crippen LogP contribution in [0.15, 0.2) is 48.5 Å². The summed E-state index contributed by atoms with van der Waals surface area (Å²) in [5, 5.41) is 3.48. The van der Waals surface area contributed by atoms with Gasteiger partial charge in [-0.25, -0.2) is 0 Å². The van der Waals surface area contributed by atoms with Gasteiger partial charge in [0.15, 0.2) is 0 Å². The Morgan fingerprint density at radius 1 is 1.07 bits per heavy atom. The van der Waals surface area contributed by atoms with Gasteiger partial charge in [0.2, 0.25) is 5.91 Å². The van der Waals surface area contributed by atoms with Gasteiger partial charge in [-0.05, 0) is 36.5 Å². The molecule has 1 N–H and O–H groups in total. The number of para-hydroxylation sites is 1. The largest absolute Gasteiger partial charge is 0.496 e. The minimum atomic E-state index is -0.0935. The summed E-state index contributed by atoms with van der Waals surface area (Å²) in [5.74, 6) is 1.01. The van der Waals surface area contributed by atoms with Crippen molar-refractivity contribution in [2.45, 2.75) is 44.2 Å². The van der Waals surface area contributed by atoms with E-state index in [1.807, 2.05) is 23.1 Å². The summed E-state index contributed by atoms with van der Waals surface area (Å²) in [6.45, 7) is 1.16. The van der Waals surface area contributed by atoms with E-state index in [1.165, 1.54) is 36.8 Å². The third kappa shape index (κ3) is 3.72. The van der Waals surface area contributed by atoms with Crippen molar-refractivity contribution in [2.24, 2.45) is 0 Å². The Morgan fingerprint density at radius 3 is 2.56 bits per heavy atom. The van der Waals surface area contributed by atoms with Crippen LogP contribution in [-0.2, 0) is 11.2 Å². The fourth-order valence-electron chi connectivity index (χ4n) is 4.53. The first kappa shape index (κ1) is 18.1. The molecule has 27 heavy (non-hydrogen) atoms. The molecule has 0 bridgehead atoms. The van der Waals surface area contributed by atoms with Crippen molar-refractivity contribution in [2.75, 3.05) is 20.2 Å². The average molecular weight is 364 g/mol. The van der Waals surface area contributed by atoms with Gasteiger partial charge in [0.25, 0.3) is 0 Å². The van der Waals surface area contributed by atoms with Crippen LogP contribution in [0.1, 0.15) is 48.4 Å².